The van der Waals surface area contributed by atoms with E-state index in [-0.39, 0.29) is 46.5 Å². The number of aliphatic imine (C=N–C) groups is 1. The number of carbonyl (C=O) groups is 1. The van der Waals surface area contributed by atoms with Crippen LogP contribution in [0, 0.1) is 11.3 Å². The molecule has 4 N–H and O–H groups in total. The Balaban J connectivity index is 2.21. The molecule has 9 nitrogen and oxygen atoms in total. The van der Waals surface area contributed by atoms with Gasteiger partial charge in [0, 0.05) is 26.4 Å². The molecule has 2 aromatic carbocycles. The third-order valence-corrected chi connectivity index (χ3v) is 5.32. The van der Waals surface area contributed by atoms with Gasteiger partial charge in [-0.05, 0) is 31.0 Å². The molecule has 0 bridgehead atoms. The Morgan fingerprint density at radius 3 is 2.35 bits per heavy atom. The minimum absolute atomic E-state index is 0.0158. The van der Waals surface area contributed by atoms with Crippen LogP contribution in [0.5, 0.6) is 17.5 Å². The monoisotopic (exact) mass is 461 g/mol. The highest BCUT2D eigenvalue weighted by Gasteiger charge is 2.25. The van der Waals surface area contributed by atoms with Crippen LogP contribution in [-0.2, 0) is 6.54 Å². The van der Waals surface area contributed by atoms with E-state index in [0.29, 0.717) is 12.1 Å². The Labute approximate surface area is 197 Å². The molecule has 1 amide bonds. The van der Waals surface area contributed by atoms with Crippen molar-refractivity contribution in [3.63, 3.8) is 0 Å². The van der Waals surface area contributed by atoms with Crippen LogP contribution in [0.2, 0.25) is 0 Å². The Morgan fingerprint density at radius 2 is 1.79 bits per heavy atom. The summed E-state index contributed by atoms with van der Waals surface area (Å²) in [5.74, 6) is -1.45. The van der Waals surface area contributed by atoms with Crippen molar-refractivity contribution in [2.45, 2.75) is 26.8 Å². The standard InChI is InChI=1S/C25H27N5O4/c1-5-18(16-10-8-7-9-11-16)27-20-21(25(34)30(6-2)24(20)33)28-19-13-15(14-26)12-17(22(19)31)23(32)29(3)4/h7-13,28,31,33-34H,5-6H2,1-4H3. The van der Waals surface area contributed by atoms with Gasteiger partial charge in [-0.15, -0.1) is 0 Å². The number of hydrogen-bond donors (Lipinski definition) is 4. The fraction of sp³-hybridized carbons (Fsp3) is 0.240. The van der Waals surface area contributed by atoms with Crippen LogP contribution in [0.3, 0.4) is 0 Å². The second-order valence-corrected chi connectivity index (χ2v) is 7.75. The van der Waals surface area contributed by atoms with Crippen molar-refractivity contribution in [3.8, 4) is 23.6 Å². The Kier molecular flexibility index (Phi) is 7.12. The lowest BCUT2D eigenvalue weighted by Crippen LogP contribution is -2.22. The number of nitriles is 1. The molecule has 0 aliphatic carbocycles. The molecular formula is C25H27N5O4. The van der Waals surface area contributed by atoms with Gasteiger partial charge in [0.15, 0.2) is 11.4 Å². The van der Waals surface area contributed by atoms with Crippen molar-refractivity contribution in [1.29, 1.82) is 5.26 Å². The third kappa shape index (κ3) is 4.52. The van der Waals surface area contributed by atoms with E-state index >= 15 is 0 Å². The SMILES string of the molecule is CCC(=Nc1c(Nc2cc(C#N)cc(C(=O)N(C)C)c2O)c(O)n(CC)c1O)c1ccccc1. The lowest BCUT2D eigenvalue weighted by Gasteiger charge is -2.15. The summed E-state index contributed by atoms with van der Waals surface area (Å²) >= 11 is 0. The van der Waals surface area contributed by atoms with Gasteiger partial charge in [-0.1, -0.05) is 37.3 Å². The van der Waals surface area contributed by atoms with Crippen molar-refractivity contribution in [3.05, 3.63) is 59.2 Å². The molecule has 0 unspecified atom stereocenters. The molecule has 176 valence electrons. The van der Waals surface area contributed by atoms with Crippen molar-refractivity contribution >= 4 is 28.7 Å². The number of phenols is 1. The lowest BCUT2D eigenvalue weighted by atomic mass is 10.1. The predicted octanol–water partition coefficient (Wildman–Crippen LogP) is 4.47. The summed E-state index contributed by atoms with van der Waals surface area (Å²) < 4.78 is 1.26. The maximum absolute atomic E-state index is 12.5. The van der Waals surface area contributed by atoms with Crippen LogP contribution in [0.1, 0.15) is 41.8 Å². The van der Waals surface area contributed by atoms with E-state index in [1.807, 2.05) is 43.3 Å². The zero-order valence-electron chi connectivity index (χ0n) is 19.5. The molecule has 0 atom stereocenters. The summed E-state index contributed by atoms with van der Waals surface area (Å²) in [6.07, 6.45) is 0.553. The number of phenolic OH excluding ortho intramolecular Hbond substituents is 1. The van der Waals surface area contributed by atoms with Crippen LogP contribution >= 0.6 is 0 Å². The largest absolute Gasteiger partial charge is 0.505 e. The predicted molar refractivity (Wildman–Crippen MR) is 130 cm³/mol. The van der Waals surface area contributed by atoms with E-state index in [1.54, 1.807) is 6.92 Å². The van der Waals surface area contributed by atoms with Crippen molar-refractivity contribution < 1.29 is 20.1 Å². The van der Waals surface area contributed by atoms with E-state index in [9.17, 15) is 25.4 Å². The highest BCUT2D eigenvalue weighted by atomic mass is 16.3. The summed E-state index contributed by atoms with van der Waals surface area (Å²) in [4.78, 5) is 18.4. The highest BCUT2D eigenvalue weighted by molar-refractivity contribution is 6.04. The van der Waals surface area contributed by atoms with Crippen LogP contribution in [0.4, 0.5) is 17.1 Å². The molecule has 1 aromatic heterocycles. The minimum atomic E-state index is -0.494. The second kappa shape index (κ2) is 10.0. The molecule has 0 spiro atoms. The first-order valence-corrected chi connectivity index (χ1v) is 10.8. The molecule has 0 saturated carbocycles. The summed E-state index contributed by atoms with van der Waals surface area (Å²) in [7, 11) is 3.06. The highest BCUT2D eigenvalue weighted by Crippen LogP contribution is 2.48. The van der Waals surface area contributed by atoms with Crippen molar-refractivity contribution in [2.75, 3.05) is 19.4 Å². The number of anilines is 2. The Morgan fingerprint density at radius 1 is 1.12 bits per heavy atom. The van der Waals surface area contributed by atoms with Crippen molar-refractivity contribution in [1.82, 2.24) is 9.47 Å². The molecule has 1 heterocycles. The molecule has 0 fully saturated rings. The van der Waals surface area contributed by atoms with Gasteiger partial charge in [0.25, 0.3) is 5.91 Å². The first kappa shape index (κ1) is 24.2. The maximum atomic E-state index is 12.5. The van der Waals surface area contributed by atoms with Gasteiger partial charge in [0.05, 0.1) is 22.9 Å². The Bertz CT molecular complexity index is 1290. The smallest absolute Gasteiger partial charge is 0.257 e. The number of aromatic nitrogens is 1. The van der Waals surface area contributed by atoms with E-state index in [2.05, 4.69) is 10.3 Å². The molecular weight excluding hydrogens is 434 g/mol. The maximum Gasteiger partial charge on any atom is 0.257 e. The summed E-state index contributed by atoms with van der Waals surface area (Å²) in [5, 5.41) is 44.8. The van der Waals surface area contributed by atoms with E-state index in [4.69, 9.17) is 0 Å². The molecule has 9 heteroatoms. The van der Waals surface area contributed by atoms with Gasteiger partial charge < -0.3 is 25.5 Å². The number of aromatic hydroxyl groups is 3. The second-order valence-electron chi connectivity index (χ2n) is 7.75. The van der Waals surface area contributed by atoms with Crippen molar-refractivity contribution in [2.24, 2.45) is 4.99 Å². The Hall–Kier alpha value is -4.45. The quantitative estimate of drug-likeness (QED) is 0.303. The van der Waals surface area contributed by atoms with Gasteiger partial charge in [-0.3, -0.25) is 9.36 Å². The third-order valence-electron chi connectivity index (χ3n) is 5.32. The van der Waals surface area contributed by atoms with Crippen LogP contribution in [-0.4, -0.2) is 50.5 Å². The number of rotatable bonds is 7. The molecule has 3 aromatic rings. The molecule has 0 saturated heterocycles. The molecule has 0 aliphatic rings. The summed E-state index contributed by atoms with van der Waals surface area (Å²) in [6.45, 7) is 3.92. The lowest BCUT2D eigenvalue weighted by molar-refractivity contribution is 0.0824. The fourth-order valence-corrected chi connectivity index (χ4v) is 3.55. The van der Waals surface area contributed by atoms with E-state index in [1.165, 1.54) is 35.7 Å². The number of hydrogen-bond acceptors (Lipinski definition) is 7. The molecule has 0 radical (unpaired) electrons. The van der Waals surface area contributed by atoms with E-state index < -0.39 is 11.7 Å². The summed E-state index contributed by atoms with van der Waals surface area (Å²) in [5.41, 5.74) is 1.71. The molecule has 34 heavy (non-hydrogen) atoms. The molecule has 3 rings (SSSR count). The number of amides is 1. The average molecular weight is 462 g/mol. The van der Waals surface area contributed by atoms with Gasteiger partial charge in [-0.2, -0.15) is 5.26 Å². The number of carbonyl (C=O) groups excluding carboxylic acids is 1. The van der Waals surface area contributed by atoms with Gasteiger partial charge >= 0.3 is 0 Å². The minimum Gasteiger partial charge on any atom is -0.505 e. The number of nitrogens with one attached hydrogen (secondary N) is 1. The first-order valence-electron chi connectivity index (χ1n) is 10.8. The van der Waals surface area contributed by atoms with Gasteiger partial charge in [0.2, 0.25) is 11.8 Å². The zero-order chi connectivity index (χ0) is 25.0. The van der Waals surface area contributed by atoms with E-state index in [0.717, 1.165) is 5.56 Å². The fourth-order valence-electron chi connectivity index (χ4n) is 3.55. The first-order chi connectivity index (χ1) is 16.2. The zero-order valence-corrected chi connectivity index (χ0v) is 19.5. The number of benzene rings is 2. The molecule has 0 aliphatic heterocycles. The topological polar surface area (TPSA) is 134 Å². The average Bonchev–Trinajstić information content (AvgIpc) is 3.06. The van der Waals surface area contributed by atoms with Gasteiger partial charge in [0.1, 0.15) is 5.69 Å². The van der Waals surface area contributed by atoms with Crippen LogP contribution in [0.15, 0.2) is 47.5 Å². The van der Waals surface area contributed by atoms with Gasteiger partial charge in [-0.25, -0.2) is 4.99 Å². The van der Waals surface area contributed by atoms with Crippen LogP contribution in [0.25, 0.3) is 0 Å². The van der Waals surface area contributed by atoms with Crippen LogP contribution < -0.4 is 5.32 Å². The number of nitrogens with zero attached hydrogens (tertiary/aromatic N) is 4. The summed E-state index contributed by atoms with van der Waals surface area (Å²) in [6, 6.07) is 14.0. The normalized spacial score (nSPS) is 11.2.